The molecule has 118 valence electrons. The average molecular weight is 302 g/mol. The van der Waals surface area contributed by atoms with Gasteiger partial charge in [-0.2, -0.15) is 5.26 Å². The van der Waals surface area contributed by atoms with Crippen molar-refractivity contribution in [3.63, 3.8) is 0 Å². The first-order valence-corrected chi connectivity index (χ1v) is 7.76. The number of aliphatic carboxylic acids is 1. The Kier molecular flexibility index (Phi) is 6.23. The largest absolute Gasteiger partial charge is 0.494 e. The van der Waals surface area contributed by atoms with Crippen LogP contribution in [0.5, 0.6) is 5.75 Å². The van der Waals surface area contributed by atoms with Gasteiger partial charge < -0.3 is 9.84 Å². The van der Waals surface area contributed by atoms with E-state index in [4.69, 9.17) is 10.00 Å². The summed E-state index contributed by atoms with van der Waals surface area (Å²) in [6.45, 7) is 1.98. The highest BCUT2D eigenvalue weighted by molar-refractivity contribution is 5.73. The van der Waals surface area contributed by atoms with Crippen molar-refractivity contribution in [1.82, 2.24) is 4.90 Å². The van der Waals surface area contributed by atoms with Gasteiger partial charge in [0.2, 0.25) is 0 Å². The average Bonchev–Trinajstić information content (AvgIpc) is 2.52. The zero-order valence-electron chi connectivity index (χ0n) is 12.7. The molecule has 0 bridgehead atoms. The Hall–Kier alpha value is -2.06. The second-order valence-electron chi connectivity index (χ2n) is 5.58. The van der Waals surface area contributed by atoms with Crippen molar-refractivity contribution in [3.8, 4) is 11.8 Å². The van der Waals surface area contributed by atoms with Crippen LogP contribution in [0, 0.1) is 11.3 Å². The zero-order valence-corrected chi connectivity index (χ0v) is 12.7. The van der Waals surface area contributed by atoms with Crippen LogP contribution in [0.1, 0.15) is 37.7 Å². The highest BCUT2D eigenvalue weighted by atomic mass is 16.5. The van der Waals surface area contributed by atoms with Gasteiger partial charge in [0.1, 0.15) is 11.8 Å². The third-order valence-corrected chi connectivity index (χ3v) is 3.88. The van der Waals surface area contributed by atoms with Gasteiger partial charge in [0.05, 0.1) is 12.7 Å². The standard InChI is InChI=1S/C17H22N2O3/c18-9-2-4-11-22-15-7-5-6-14(12-15)13-19-10-3-1-8-16(19)17(20)21/h5-7,12,16H,1-4,8,10-11,13H2,(H,20,21). The molecular weight excluding hydrogens is 280 g/mol. The van der Waals surface area contributed by atoms with Crippen molar-refractivity contribution in [3.05, 3.63) is 29.8 Å². The normalized spacial score (nSPS) is 18.6. The SMILES string of the molecule is N#CCCCOc1cccc(CN2CCCCC2C(=O)O)c1. The van der Waals surface area contributed by atoms with E-state index in [1.807, 2.05) is 29.2 Å². The molecule has 5 heteroatoms. The van der Waals surface area contributed by atoms with Crippen molar-refractivity contribution in [1.29, 1.82) is 5.26 Å². The van der Waals surface area contributed by atoms with Gasteiger partial charge in [-0.05, 0) is 43.5 Å². The molecule has 1 atom stereocenters. The first-order chi connectivity index (χ1) is 10.7. The van der Waals surface area contributed by atoms with Crippen LogP contribution in [0.4, 0.5) is 0 Å². The molecule has 1 saturated heterocycles. The Morgan fingerprint density at radius 2 is 2.32 bits per heavy atom. The van der Waals surface area contributed by atoms with E-state index in [2.05, 4.69) is 6.07 Å². The number of hydrogen-bond acceptors (Lipinski definition) is 4. The maximum absolute atomic E-state index is 11.3. The molecule has 5 nitrogen and oxygen atoms in total. The fourth-order valence-corrected chi connectivity index (χ4v) is 2.77. The van der Waals surface area contributed by atoms with E-state index >= 15 is 0 Å². The number of rotatable bonds is 7. The number of carboxylic acids is 1. The van der Waals surface area contributed by atoms with E-state index in [1.54, 1.807) is 0 Å². The van der Waals surface area contributed by atoms with Gasteiger partial charge in [-0.25, -0.2) is 0 Å². The minimum atomic E-state index is -0.733. The van der Waals surface area contributed by atoms with E-state index in [0.29, 0.717) is 26.0 Å². The van der Waals surface area contributed by atoms with Crippen LogP contribution in [0.2, 0.25) is 0 Å². The van der Waals surface area contributed by atoms with Crippen molar-refractivity contribution >= 4 is 5.97 Å². The molecule has 1 aliphatic rings. The third kappa shape index (κ3) is 4.74. The van der Waals surface area contributed by atoms with Crippen LogP contribution in [0.3, 0.4) is 0 Å². The van der Waals surface area contributed by atoms with Gasteiger partial charge in [-0.3, -0.25) is 9.69 Å². The predicted molar refractivity (Wildman–Crippen MR) is 82.5 cm³/mol. The number of benzene rings is 1. The van der Waals surface area contributed by atoms with E-state index < -0.39 is 5.97 Å². The summed E-state index contributed by atoms with van der Waals surface area (Å²) in [5, 5.41) is 17.8. The summed E-state index contributed by atoms with van der Waals surface area (Å²) >= 11 is 0. The minimum absolute atomic E-state index is 0.381. The number of nitriles is 1. The van der Waals surface area contributed by atoms with Crippen LogP contribution in [-0.2, 0) is 11.3 Å². The molecule has 0 radical (unpaired) electrons. The lowest BCUT2D eigenvalue weighted by atomic mass is 10.0. The van der Waals surface area contributed by atoms with Gasteiger partial charge in [-0.15, -0.1) is 0 Å². The second kappa shape index (κ2) is 8.40. The monoisotopic (exact) mass is 302 g/mol. The van der Waals surface area contributed by atoms with Crippen LogP contribution >= 0.6 is 0 Å². The molecule has 1 aromatic carbocycles. The summed E-state index contributed by atoms with van der Waals surface area (Å²) in [6, 6.07) is 9.48. The van der Waals surface area contributed by atoms with Crippen LogP contribution in [-0.4, -0.2) is 35.2 Å². The summed E-state index contributed by atoms with van der Waals surface area (Å²) < 4.78 is 5.63. The van der Waals surface area contributed by atoms with E-state index in [9.17, 15) is 9.90 Å². The highest BCUT2D eigenvalue weighted by Gasteiger charge is 2.28. The first-order valence-electron chi connectivity index (χ1n) is 7.76. The Labute approximate surface area is 131 Å². The van der Waals surface area contributed by atoms with Crippen molar-refractivity contribution in [2.75, 3.05) is 13.2 Å². The van der Waals surface area contributed by atoms with Crippen LogP contribution < -0.4 is 4.74 Å². The molecule has 0 aliphatic carbocycles. The fraction of sp³-hybridized carbons (Fsp3) is 0.529. The molecule has 1 unspecified atom stereocenters. The Balaban J connectivity index is 1.94. The molecule has 1 N–H and O–H groups in total. The number of hydrogen-bond donors (Lipinski definition) is 1. The molecule has 0 aromatic heterocycles. The second-order valence-corrected chi connectivity index (χ2v) is 5.58. The molecule has 1 fully saturated rings. The summed E-state index contributed by atoms with van der Waals surface area (Å²) in [7, 11) is 0. The summed E-state index contributed by atoms with van der Waals surface area (Å²) in [5.74, 6) is 0.0444. The Morgan fingerprint density at radius 1 is 1.45 bits per heavy atom. The van der Waals surface area contributed by atoms with Crippen molar-refractivity contribution in [2.45, 2.75) is 44.7 Å². The van der Waals surface area contributed by atoms with E-state index in [0.717, 1.165) is 37.1 Å². The van der Waals surface area contributed by atoms with E-state index in [1.165, 1.54) is 0 Å². The Morgan fingerprint density at radius 3 is 3.09 bits per heavy atom. The molecule has 1 aromatic rings. The third-order valence-electron chi connectivity index (χ3n) is 3.88. The van der Waals surface area contributed by atoms with Crippen molar-refractivity contribution in [2.24, 2.45) is 0 Å². The number of carbonyl (C=O) groups is 1. The smallest absolute Gasteiger partial charge is 0.320 e. The van der Waals surface area contributed by atoms with Gasteiger partial charge >= 0.3 is 5.97 Å². The topological polar surface area (TPSA) is 73.6 Å². The zero-order chi connectivity index (χ0) is 15.8. The van der Waals surface area contributed by atoms with Gasteiger partial charge in [-0.1, -0.05) is 18.6 Å². The molecular formula is C17H22N2O3. The Bertz CT molecular complexity index is 539. The molecule has 0 spiro atoms. The summed E-state index contributed by atoms with van der Waals surface area (Å²) in [5.41, 5.74) is 1.06. The highest BCUT2D eigenvalue weighted by Crippen LogP contribution is 2.22. The van der Waals surface area contributed by atoms with Crippen LogP contribution in [0.15, 0.2) is 24.3 Å². The maximum Gasteiger partial charge on any atom is 0.320 e. The number of unbranched alkanes of at least 4 members (excludes halogenated alkanes) is 1. The molecule has 0 amide bonds. The minimum Gasteiger partial charge on any atom is -0.494 e. The lowest BCUT2D eigenvalue weighted by molar-refractivity contribution is -0.144. The number of piperidine rings is 1. The molecule has 1 heterocycles. The molecule has 1 aliphatic heterocycles. The van der Waals surface area contributed by atoms with Gasteiger partial charge in [0.15, 0.2) is 0 Å². The summed E-state index contributed by atoms with van der Waals surface area (Å²) in [4.78, 5) is 13.4. The van der Waals surface area contributed by atoms with E-state index in [-0.39, 0.29) is 6.04 Å². The van der Waals surface area contributed by atoms with Crippen molar-refractivity contribution < 1.29 is 14.6 Å². The number of carboxylic acid groups (broad SMARTS) is 1. The summed E-state index contributed by atoms with van der Waals surface area (Å²) in [6.07, 6.45) is 3.96. The lowest BCUT2D eigenvalue weighted by Gasteiger charge is -2.32. The maximum atomic E-state index is 11.3. The van der Waals surface area contributed by atoms with Gasteiger partial charge in [0, 0.05) is 13.0 Å². The van der Waals surface area contributed by atoms with Gasteiger partial charge in [0.25, 0.3) is 0 Å². The molecule has 22 heavy (non-hydrogen) atoms. The first kappa shape index (κ1) is 16.3. The predicted octanol–water partition coefficient (Wildman–Crippen LogP) is 2.81. The number of ether oxygens (including phenoxy) is 1. The molecule has 0 saturated carbocycles. The fourth-order valence-electron chi connectivity index (χ4n) is 2.77. The number of likely N-dealkylation sites (tertiary alicyclic amines) is 1. The van der Waals surface area contributed by atoms with Crippen LogP contribution in [0.25, 0.3) is 0 Å². The number of nitrogens with zero attached hydrogens (tertiary/aromatic N) is 2. The lowest BCUT2D eigenvalue weighted by Crippen LogP contribution is -2.43. The molecule has 2 rings (SSSR count). The quantitative estimate of drug-likeness (QED) is 0.784.